The number of hydrogen-bond donors (Lipinski definition) is 0. The molecule has 1 atom stereocenters. The summed E-state index contributed by atoms with van der Waals surface area (Å²) in [6.07, 6.45) is 9.79. The Morgan fingerprint density at radius 2 is 1.52 bits per heavy atom. The molecular weight excluding hydrogens is 389 g/mol. The van der Waals surface area contributed by atoms with Gasteiger partial charge in [-0.1, -0.05) is 87.8 Å². The normalized spacial score (nSPS) is 14.8. The SMILES string of the molecule is CCCCCCCCCCC(C)(I)CC(F)(F)C(=O)OC. The minimum absolute atomic E-state index is 0.455. The van der Waals surface area contributed by atoms with Crippen LogP contribution < -0.4 is 0 Å². The first-order valence-electron chi connectivity index (χ1n) is 7.90. The van der Waals surface area contributed by atoms with Gasteiger partial charge < -0.3 is 4.74 Å². The molecule has 0 aliphatic carbocycles. The largest absolute Gasteiger partial charge is 0.465 e. The molecule has 5 heteroatoms. The van der Waals surface area contributed by atoms with Gasteiger partial charge in [-0.05, 0) is 6.42 Å². The topological polar surface area (TPSA) is 26.3 Å². The lowest BCUT2D eigenvalue weighted by atomic mass is 9.95. The number of unbranched alkanes of at least 4 members (excludes halogenated alkanes) is 7. The summed E-state index contributed by atoms with van der Waals surface area (Å²) in [5.74, 6) is -4.81. The van der Waals surface area contributed by atoms with Crippen molar-refractivity contribution in [2.45, 2.75) is 87.4 Å². The molecule has 0 saturated carbocycles. The quantitative estimate of drug-likeness (QED) is 0.171. The smallest absolute Gasteiger partial charge is 0.376 e. The number of halogens is 3. The molecule has 126 valence electrons. The van der Waals surface area contributed by atoms with E-state index in [2.05, 4.69) is 11.7 Å². The zero-order chi connectivity index (χ0) is 16.4. The standard InChI is InChI=1S/C16H29F2IO2/c1-4-5-6-7-8-9-10-11-12-15(2,19)13-16(17,18)14(20)21-3/h4-13H2,1-3H3. The van der Waals surface area contributed by atoms with Crippen molar-refractivity contribution in [3.8, 4) is 0 Å². The molecule has 0 saturated heterocycles. The van der Waals surface area contributed by atoms with E-state index < -0.39 is 21.7 Å². The molecule has 1 unspecified atom stereocenters. The first kappa shape index (κ1) is 21.1. The summed E-state index contributed by atoms with van der Waals surface area (Å²) in [6.45, 7) is 3.98. The number of esters is 1. The molecule has 0 bridgehead atoms. The van der Waals surface area contributed by atoms with Crippen LogP contribution in [0.25, 0.3) is 0 Å². The Hall–Kier alpha value is 0.0600. The highest BCUT2D eigenvalue weighted by Gasteiger charge is 2.45. The van der Waals surface area contributed by atoms with Gasteiger partial charge in [0.2, 0.25) is 0 Å². The first-order valence-corrected chi connectivity index (χ1v) is 8.98. The second kappa shape index (κ2) is 10.7. The summed E-state index contributed by atoms with van der Waals surface area (Å²) < 4.78 is 30.8. The van der Waals surface area contributed by atoms with Gasteiger partial charge in [-0.2, -0.15) is 8.78 Å². The minimum atomic E-state index is -3.38. The van der Waals surface area contributed by atoms with Gasteiger partial charge in [-0.3, -0.25) is 0 Å². The maximum Gasteiger partial charge on any atom is 0.376 e. The van der Waals surface area contributed by atoms with E-state index >= 15 is 0 Å². The van der Waals surface area contributed by atoms with Crippen LogP contribution in [0.5, 0.6) is 0 Å². The van der Waals surface area contributed by atoms with E-state index in [1.165, 1.54) is 38.5 Å². The molecule has 0 N–H and O–H groups in total. The molecular formula is C16H29F2IO2. The summed E-state index contributed by atoms with van der Waals surface area (Å²) >= 11 is 2.04. The predicted molar refractivity (Wildman–Crippen MR) is 91.2 cm³/mol. The van der Waals surface area contributed by atoms with Crippen molar-refractivity contribution in [1.29, 1.82) is 0 Å². The van der Waals surface area contributed by atoms with Crippen LogP contribution in [0.2, 0.25) is 0 Å². The van der Waals surface area contributed by atoms with E-state index in [-0.39, 0.29) is 0 Å². The van der Waals surface area contributed by atoms with Crippen molar-refractivity contribution in [2.24, 2.45) is 0 Å². The maximum atomic E-state index is 13.6. The number of carbonyl (C=O) groups is 1. The molecule has 0 rings (SSSR count). The van der Waals surface area contributed by atoms with E-state index in [1.807, 2.05) is 22.6 Å². The van der Waals surface area contributed by atoms with Gasteiger partial charge in [-0.25, -0.2) is 4.79 Å². The lowest BCUT2D eigenvalue weighted by Crippen LogP contribution is -2.36. The Kier molecular flexibility index (Phi) is 10.8. The number of alkyl halides is 3. The maximum absolute atomic E-state index is 13.6. The number of hydrogen-bond acceptors (Lipinski definition) is 2. The number of rotatable bonds is 12. The van der Waals surface area contributed by atoms with Crippen LogP contribution in [0.3, 0.4) is 0 Å². The summed E-state index contributed by atoms with van der Waals surface area (Å²) in [5.41, 5.74) is 0. The summed E-state index contributed by atoms with van der Waals surface area (Å²) in [7, 11) is 0.999. The Morgan fingerprint density at radius 1 is 1.05 bits per heavy atom. The molecule has 0 aromatic heterocycles. The molecule has 0 aliphatic rings. The van der Waals surface area contributed by atoms with E-state index in [4.69, 9.17) is 0 Å². The van der Waals surface area contributed by atoms with E-state index in [0.29, 0.717) is 6.42 Å². The summed E-state index contributed by atoms with van der Waals surface area (Å²) in [4.78, 5) is 11.0. The van der Waals surface area contributed by atoms with Crippen molar-refractivity contribution in [3.63, 3.8) is 0 Å². The van der Waals surface area contributed by atoms with Crippen molar-refractivity contribution in [3.05, 3.63) is 0 Å². The van der Waals surface area contributed by atoms with Crippen LogP contribution in [-0.4, -0.2) is 22.4 Å². The van der Waals surface area contributed by atoms with Crippen molar-refractivity contribution >= 4 is 28.6 Å². The van der Waals surface area contributed by atoms with Crippen LogP contribution in [0.15, 0.2) is 0 Å². The van der Waals surface area contributed by atoms with Gasteiger partial charge in [-0.15, -0.1) is 0 Å². The molecule has 0 amide bonds. The van der Waals surface area contributed by atoms with Crippen LogP contribution in [0.1, 0.15) is 78.1 Å². The molecule has 0 spiro atoms. The molecule has 0 heterocycles. The van der Waals surface area contributed by atoms with Crippen molar-refractivity contribution in [1.82, 2.24) is 0 Å². The Balaban J connectivity index is 3.85. The third-order valence-electron chi connectivity index (χ3n) is 3.63. The molecule has 21 heavy (non-hydrogen) atoms. The third-order valence-corrected chi connectivity index (χ3v) is 4.55. The van der Waals surface area contributed by atoms with E-state index in [9.17, 15) is 13.6 Å². The average molecular weight is 418 g/mol. The zero-order valence-corrected chi connectivity index (χ0v) is 15.7. The van der Waals surface area contributed by atoms with Crippen molar-refractivity contribution < 1.29 is 18.3 Å². The van der Waals surface area contributed by atoms with E-state index in [1.54, 1.807) is 6.92 Å². The fourth-order valence-electron chi connectivity index (χ4n) is 2.40. The highest BCUT2D eigenvalue weighted by molar-refractivity contribution is 14.1. The third kappa shape index (κ3) is 10.4. The Morgan fingerprint density at radius 3 is 2.00 bits per heavy atom. The highest BCUT2D eigenvalue weighted by atomic mass is 127. The number of carbonyl (C=O) groups excluding carboxylic acids is 1. The minimum Gasteiger partial charge on any atom is -0.465 e. The molecule has 2 nitrogen and oxygen atoms in total. The van der Waals surface area contributed by atoms with Crippen molar-refractivity contribution in [2.75, 3.05) is 7.11 Å². The monoisotopic (exact) mass is 418 g/mol. The van der Waals surface area contributed by atoms with Gasteiger partial charge in [0.15, 0.2) is 0 Å². The molecule has 0 aliphatic heterocycles. The Labute approximate surface area is 141 Å². The van der Waals surface area contributed by atoms with Gasteiger partial charge in [0.25, 0.3) is 0 Å². The van der Waals surface area contributed by atoms with Crippen LogP contribution in [0.4, 0.5) is 8.78 Å². The average Bonchev–Trinajstić information content (AvgIpc) is 2.39. The van der Waals surface area contributed by atoms with Crippen LogP contribution in [0, 0.1) is 0 Å². The summed E-state index contributed by atoms with van der Waals surface area (Å²) in [6, 6.07) is 0. The molecule has 0 radical (unpaired) electrons. The zero-order valence-electron chi connectivity index (χ0n) is 13.5. The van der Waals surface area contributed by atoms with Crippen LogP contribution >= 0.6 is 22.6 Å². The van der Waals surface area contributed by atoms with Crippen LogP contribution in [-0.2, 0) is 9.53 Å². The molecule has 0 aromatic rings. The highest BCUT2D eigenvalue weighted by Crippen LogP contribution is 2.37. The Bertz CT molecular complexity index is 294. The second-order valence-corrected chi connectivity index (χ2v) is 8.62. The van der Waals surface area contributed by atoms with Gasteiger partial charge in [0, 0.05) is 9.84 Å². The lowest BCUT2D eigenvalue weighted by molar-refractivity contribution is -0.170. The predicted octanol–water partition coefficient (Wildman–Crippen LogP) is 5.91. The molecule has 0 aromatic carbocycles. The number of methoxy groups -OCH3 is 1. The fraction of sp³-hybridized carbons (Fsp3) is 0.938. The van der Waals surface area contributed by atoms with Gasteiger partial charge in [0.05, 0.1) is 7.11 Å². The number of ether oxygens (including phenoxy) is 1. The molecule has 0 fully saturated rings. The first-order chi connectivity index (χ1) is 9.75. The second-order valence-electron chi connectivity index (χ2n) is 6.01. The fourth-order valence-corrected chi connectivity index (χ4v) is 3.26. The lowest BCUT2D eigenvalue weighted by Gasteiger charge is -2.26. The van der Waals surface area contributed by atoms with Gasteiger partial charge in [0.1, 0.15) is 0 Å². The summed E-state index contributed by atoms with van der Waals surface area (Å²) in [5, 5.41) is 0. The van der Waals surface area contributed by atoms with E-state index in [0.717, 1.165) is 20.0 Å². The van der Waals surface area contributed by atoms with Gasteiger partial charge >= 0.3 is 11.9 Å².